The number of hydrogen-bond acceptors (Lipinski definition) is 2. The highest BCUT2D eigenvalue weighted by molar-refractivity contribution is 6.04. The van der Waals surface area contributed by atoms with Crippen LogP contribution < -0.4 is 5.32 Å². The van der Waals surface area contributed by atoms with Crippen molar-refractivity contribution in [3.63, 3.8) is 0 Å². The zero-order valence-corrected chi connectivity index (χ0v) is 11.7. The van der Waals surface area contributed by atoms with E-state index in [9.17, 15) is 4.79 Å². The van der Waals surface area contributed by atoms with Crippen molar-refractivity contribution in [1.82, 2.24) is 9.55 Å². The minimum atomic E-state index is -0.217. The van der Waals surface area contributed by atoms with Gasteiger partial charge in [0, 0.05) is 30.7 Å². The molecular formula is C17H15N3O. The minimum Gasteiger partial charge on any atom is -0.330 e. The van der Waals surface area contributed by atoms with Gasteiger partial charge >= 0.3 is 0 Å². The van der Waals surface area contributed by atoms with Gasteiger partial charge in [-0.25, -0.2) is 4.98 Å². The summed E-state index contributed by atoms with van der Waals surface area (Å²) in [6.45, 7) is 0. The van der Waals surface area contributed by atoms with Crippen LogP contribution in [-0.4, -0.2) is 15.5 Å². The van der Waals surface area contributed by atoms with Crippen molar-refractivity contribution in [2.45, 2.75) is 0 Å². The first kappa shape index (κ1) is 13.1. The van der Waals surface area contributed by atoms with Gasteiger partial charge in [-0.15, -0.1) is 0 Å². The predicted octanol–water partition coefficient (Wildman–Crippen LogP) is 3.34. The summed E-state index contributed by atoms with van der Waals surface area (Å²) in [5.74, 6) is 0.170. The van der Waals surface area contributed by atoms with Gasteiger partial charge in [0.2, 0.25) is 0 Å². The van der Waals surface area contributed by atoms with Crippen LogP contribution in [0.15, 0.2) is 67.0 Å². The van der Waals surface area contributed by atoms with Gasteiger partial charge in [0.15, 0.2) is 5.82 Å². The van der Waals surface area contributed by atoms with E-state index >= 15 is 0 Å². The molecule has 0 bridgehead atoms. The summed E-state index contributed by atoms with van der Waals surface area (Å²) in [4.78, 5) is 16.4. The van der Waals surface area contributed by atoms with Crippen LogP contribution in [0.5, 0.6) is 0 Å². The summed E-state index contributed by atoms with van der Waals surface area (Å²) in [6.07, 6.45) is 3.36. The van der Waals surface area contributed by atoms with Crippen molar-refractivity contribution in [3.8, 4) is 11.1 Å². The third-order valence-corrected chi connectivity index (χ3v) is 3.28. The quantitative estimate of drug-likeness (QED) is 0.798. The number of aromatic nitrogens is 2. The zero-order chi connectivity index (χ0) is 14.7. The molecule has 0 saturated heterocycles. The number of benzene rings is 2. The molecule has 0 aliphatic carbocycles. The van der Waals surface area contributed by atoms with Crippen LogP contribution in [0.25, 0.3) is 11.1 Å². The first-order valence-electron chi connectivity index (χ1n) is 6.69. The van der Waals surface area contributed by atoms with Gasteiger partial charge in [-0.1, -0.05) is 48.5 Å². The lowest BCUT2D eigenvalue weighted by Crippen LogP contribution is -2.17. The lowest BCUT2D eigenvalue weighted by atomic mass is 10.0. The molecule has 3 rings (SSSR count). The van der Waals surface area contributed by atoms with E-state index in [1.54, 1.807) is 24.0 Å². The molecule has 0 unspecified atom stereocenters. The number of imidazole rings is 1. The van der Waals surface area contributed by atoms with Crippen LogP contribution >= 0.6 is 0 Å². The van der Waals surface area contributed by atoms with Gasteiger partial charge in [0.05, 0.1) is 0 Å². The van der Waals surface area contributed by atoms with Crippen LogP contribution in [0.2, 0.25) is 0 Å². The van der Waals surface area contributed by atoms with E-state index in [-0.39, 0.29) is 5.91 Å². The SMILES string of the molecule is Cn1ccnc1C(=O)Nc1ccccc1-c1ccccc1. The highest BCUT2D eigenvalue weighted by Crippen LogP contribution is 2.27. The maximum atomic E-state index is 12.3. The van der Waals surface area contributed by atoms with E-state index in [1.165, 1.54) is 0 Å². The Kier molecular flexibility index (Phi) is 3.51. The fourth-order valence-electron chi connectivity index (χ4n) is 2.22. The summed E-state index contributed by atoms with van der Waals surface area (Å²) < 4.78 is 1.69. The lowest BCUT2D eigenvalue weighted by Gasteiger charge is -2.11. The highest BCUT2D eigenvalue weighted by atomic mass is 16.2. The Hall–Kier alpha value is -2.88. The smallest absolute Gasteiger partial charge is 0.291 e. The van der Waals surface area contributed by atoms with Gasteiger partial charge in [-0.2, -0.15) is 0 Å². The summed E-state index contributed by atoms with van der Waals surface area (Å²) in [6, 6.07) is 17.7. The summed E-state index contributed by atoms with van der Waals surface area (Å²) in [7, 11) is 1.80. The largest absolute Gasteiger partial charge is 0.330 e. The van der Waals surface area contributed by atoms with Crippen molar-refractivity contribution in [2.24, 2.45) is 7.05 Å². The highest BCUT2D eigenvalue weighted by Gasteiger charge is 2.13. The second-order valence-corrected chi connectivity index (χ2v) is 4.73. The molecule has 4 nitrogen and oxygen atoms in total. The molecule has 1 N–H and O–H groups in total. The Morgan fingerprint density at radius 3 is 2.48 bits per heavy atom. The Bertz CT molecular complexity index is 762. The van der Waals surface area contributed by atoms with Gasteiger partial charge in [0.25, 0.3) is 5.91 Å². The van der Waals surface area contributed by atoms with Crippen molar-refractivity contribution < 1.29 is 4.79 Å². The van der Waals surface area contributed by atoms with E-state index in [4.69, 9.17) is 0 Å². The van der Waals surface area contributed by atoms with Crippen LogP contribution in [0.1, 0.15) is 10.6 Å². The Morgan fingerprint density at radius 1 is 1.05 bits per heavy atom. The Balaban J connectivity index is 1.94. The van der Waals surface area contributed by atoms with Crippen molar-refractivity contribution in [3.05, 3.63) is 72.8 Å². The van der Waals surface area contributed by atoms with Crippen molar-refractivity contribution in [1.29, 1.82) is 0 Å². The number of aryl methyl sites for hydroxylation is 1. The zero-order valence-electron chi connectivity index (χ0n) is 11.7. The van der Waals surface area contributed by atoms with Gasteiger partial charge < -0.3 is 9.88 Å². The van der Waals surface area contributed by atoms with Gasteiger partial charge in [0.1, 0.15) is 0 Å². The number of rotatable bonds is 3. The third-order valence-electron chi connectivity index (χ3n) is 3.28. The van der Waals surface area contributed by atoms with E-state index < -0.39 is 0 Å². The molecule has 21 heavy (non-hydrogen) atoms. The Labute approximate surface area is 123 Å². The molecule has 0 fully saturated rings. The third kappa shape index (κ3) is 2.69. The number of carbonyl (C=O) groups excluding carboxylic acids is 1. The Morgan fingerprint density at radius 2 is 1.76 bits per heavy atom. The summed E-state index contributed by atoms with van der Waals surface area (Å²) in [5, 5.41) is 2.93. The predicted molar refractivity (Wildman–Crippen MR) is 83.0 cm³/mol. The topological polar surface area (TPSA) is 46.9 Å². The first-order chi connectivity index (χ1) is 10.3. The van der Waals surface area contributed by atoms with E-state index in [0.29, 0.717) is 5.82 Å². The van der Waals surface area contributed by atoms with E-state index in [2.05, 4.69) is 10.3 Å². The molecule has 1 heterocycles. The molecule has 1 amide bonds. The van der Waals surface area contributed by atoms with Gasteiger partial charge in [-0.3, -0.25) is 4.79 Å². The maximum absolute atomic E-state index is 12.3. The monoisotopic (exact) mass is 277 g/mol. The lowest BCUT2D eigenvalue weighted by molar-refractivity contribution is 0.101. The van der Waals surface area contributed by atoms with Crippen molar-refractivity contribution >= 4 is 11.6 Å². The number of amides is 1. The van der Waals surface area contributed by atoms with Crippen LogP contribution in [-0.2, 0) is 7.05 Å². The average molecular weight is 277 g/mol. The molecule has 1 aromatic heterocycles. The van der Waals surface area contributed by atoms with Crippen molar-refractivity contribution in [2.75, 3.05) is 5.32 Å². The molecule has 4 heteroatoms. The number of carbonyl (C=O) groups is 1. The molecule has 0 saturated carbocycles. The van der Waals surface area contributed by atoms with Crippen LogP contribution in [0.3, 0.4) is 0 Å². The number of nitrogens with one attached hydrogen (secondary N) is 1. The molecule has 104 valence electrons. The molecule has 0 spiro atoms. The van der Waals surface area contributed by atoms with Crippen LogP contribution in [0.4, 0.5) is 5.69 Å². The average Bonchev–Trinajstić information content (AvgIpc) is 2.95. The van der Waals surface area contributed by atoms with Crippen LogP contribution in [0, 0.1) is 0 Å². The fraction of sp³-hybridized carbons (Fsp3) is 0.0588. The van der Waals surface area contributed by atoms with Gasteiger partial charge in [-0.05, 0) is 11.6 Å². The number of anilines is 1. The van der Waals surface area contributed by atoms with E-state index in [1.807, 2.05) is 54.6 Å². The normalized spacial score (nSPS) is 10.3. The molecule has 3 aromatic rings. The molecular weight excluding hydrogens is 262 g/mol. The maximum Gasteiger partial charge on any atom is 0.291 e. The summed E-state index contributed by atoms with van der Waals surface area (Å²) >= 11 is 0. The number of nitrogens with zero attached hydrogens (tertiary/aromatic N) is 2. The molecule has 2 aromatic carbocycles. The standard InChI is InChI=1S/C17H15N3O/c1-20-12-11-18-16(20)17(21)19-15-10-6-5-9-14(15)13-7-3-2-4-8-13/h2-12H,1H3,(H,19,21). The molecule has 0 aliphatic heterocycles. The second kappa shape index (κ2) is 5.63. The fourth-order valence-corrected chi connectivity index (χ4v) is 2.22. The molecule has 0 radical (unpaired) electrons. The molecule has 0 aliphatic rings. The number of para-hydroxylation sites is 1. The first-order valence-corrected chi connectivity index (χ1v) is 6.69. The molecule has 0 atom stereocenters. The second-order valence-electron chi connectivity index (χ2n) is 4.73. The number of hydrogen-bond donors (Lipinski definition) is 1. The summed E-state index contributed by atoms with van der Waals surface area (Å²) in [5.41, 5.74) is 2.82. The minimum absolute atomic E-state index is 0.217. The van der Waals surface area contributed by atoms with E-state index in [0.717, 1.165) is 16.8 Å².